The van der Waals surface area contributed by atoms with E-state index in [1.807, 2.05) is 37.4 Å². The van der Waals surface area contributed by atoms with Crippen LogP contribution in [0.5, 0.6) is 0 Å². The molecule has 0 bridgehead atoms. The van der Waals surface area contributed by atoms with Crippen molar-refractivity contribution in [1.82, 2.24) is 10.6 Å². The Hall–Kier alpha value is -1.88. The topological polar surface area (TPSA) is 62.6 Å². The molecule has 22 heavy (non-hydrogen) atoms. The minimum atomic E-state index is -0.341. The van der Waals surface area contributed by atoms with Crippen LogP contribution in [0.1, 0.15) is 37.3 Å². The van der Waals surface area contributed by atoms with Crippen LogP contribution in [0.2, 0.25) is 0 Å². The molecule has 0 radical (unpaired) electrons. The fraction of sp³-hybridized carbons (Fsp3) is 0.529. The average Bonchev–Trinajstić information content (AvgIpc) is 3.37. The molecule has 2 aliphatic rings. The average molecular weight is 302 g/mol. The molecule has 0 spiro atoms. The Morgan fingerprint density at radius 3 is 2.27 bits per heavy atom. The predicted molar refractivity (Wildman–Crippen MR) is 83.3 cm³/mol. The number of amides is 2. The van der Waals surface area contributed by atoms with E-state index >= 15 is 0 Å². The number of carbonyl (C=O) groups is 2. The highest BCUT2D eigenvalue weighted by atomic mass is 16.2. The van der Waals surface area contributed by atoms with Crippen molar-refractivity contribution in [3.05, 3.63) is 35.9 Å². The molecule has 0 heterocycles. The summed E-state index contributed by atoms with van der Waals surface area (Å²) in [6.07, 6.45) is 4.28. The van der Waals surface area contributed by atoms with Gasteiger partial charge < -0.3 is 15.5 Å². The first-order chi connectivity index (χ1) is 10.6. The molecular formula is C17H24N3O2+. The van der Waals surface area contributed by atoms with Crippen LogP contribution in [0, 0.1) is 0 Å². The normalized spacial score (nSPS) is 20.0. The monoisotopic (exact) mass is 302 g/mol. The van der Waals surface area contributed by atoms with Gasteiger partial charge in [0.25, 0.3) is 11.8 Å². The molecule has 0 saturated heterocycles. The highest BCUT2D eigenvalue weighted by molar-refractivity contribution is 5.83. The highest BCUT2D eigenvalue weighted by Gasteiger charge is 2.34. The minimum absolute atomic E-state index is 0.0189. The van der Waals surface area contributed by atoms with Crippen LogP contribution in [-0.4, -0.2) is 37.5 Å². The third kappa shape index (κ3) is 4.07. The first-order valence-electron chi connectivity index (χ1n) is 8.10. The first kappa shape index (κ1) is 15.0. The fourth-order valence-corrected chi connectivity index (χ4v) is 2.68. The van der Waals surface area contributed by atoms with E-state index in [1.165, 1.54) is 0 Å². The summed E-state index contributed by atoms with van der Waals surface area (Å²) < 4.78 is 0. The maximum absolute atomic E-state index is 12.6. The number of hydrogen-bond donors (Lipinski definition) is 3. The molecule has 0 aromatic heterocycles. The van der Waals surface area contributed by atoms with E-state index in [0.29, 0.717) is 18.6 Å². The maximum Gasteiger partial charge on any atom is 0.283 e. The smallest absolute Gasteiger partial charge is 0.283 e. The van der Waals surface area contributed by atoms with Gasteiger partial charge in [0, 0.05) is 17.6 Å². The molecule has 2 amide bonds. The SMILES string of the molecule is C[NH+](CC(=O)NC1CC1)[C@@H](C(=O)NC1CC1)c1ccccc1. The third-order valence-corrected chi connectivity index (χ3v) is 4.19. The number of nitrogens with one attached hydrogen (secondary N) is 3. The highest BCUT2D eigenvalue weighted by Crippen LogP contribution is 2.20. The van der Waals surface area contributed by atoms with Gasteiger partial charge in [0.1, 0.15) is 0 Å². The Balaban J connectivity index is 1.68. The van der Waals surface area contributed by atoms with Gasteiger partial charge in [-0.25, -0.2) is 0 Å². The number of likely N-dealkylation sites (N-methyl/N-ethyl adjacent to an activating group) is 1. The number of rotatable bonds is 7. The zero-order valence-corrected chi connectivity index (χ0v) is 13.0. The van der Waals surface area contributed by atoms with Gasteiger partial charge in [-0.05, 0) is 25.7 Å². The molecule has 5 heteroatoms. The largest absolute Gasteiger partial charge is 0.348 e. The third-order valence-electron chi connectivity index (χ3n) is 4.19. The van der Waals surface area contributed by atoms with Crippen molar-refractivity contribution >= 4 is 11.8 Å². The lowest BCUT2D eigenvalue weighted by molar-refractivity contribution is -0.894. The van der Waals surface area contributed by atoms with Crippen molar-refractivity contribution < 1.29 is 14.5 Å². The van der Waals surface area contributed by atoms with E-state index < -0.39 is 0 Å². The lowest BCUT2D eigenvalue weighted by Crippen LogP contribution is -3.11. The van der Waals surface area contributed by atoms with Crippen molar-refractivity contribution in [2.24, 2.45) is 0 Å². The Bertz CT molecular complexity index is 538. The van der Waals surface area contributed by atoms with Crippen molar-refractivity contribution in [2.45, 2.75) is 43.8 Å². The Morgan fingerprint density at radius 1 is 1.09 bits per heavy atom. The van der Waals surface area contributed by atoms with E-state index in [0.717, 1.165) is 36.1 Å². The first-order valence-corrected chi connectivity index (χ1v) is 8.10. The van der Waals surface area contributed by atoms with Gasteiger partial charge in [0.05, 0.1) is 7.05 Å². The van der Waals surface area contributed by atoms with Crippen LogP contribution >= 0.6 is 0 Å². The molecule has 1 unspecified atom stereocenters. The van der Waals surface area contributed by atoms with Crippen LogP contribution in [-0.2, 0) is 9.59 Å². The van der Waals surface area contributed by atoms with Crippen LogP contribution in [0.3, 0.4) is 0 Å². The summed E-state index contributed by atoms with van der Waals surface area (Å²) >= 11 is 0. The standard InChI is InChI=1S/C17H23N3O2/c1-20(11-15(21)18-13-7-8-13)16(12-5-3-2-4-6-12)17(22)19-14-9-10-14/h2-6,13-14,16H,7-11H2,1H3,(H,18,21)(H,19,22)/p+1/t16-/m1/s1. The van der Waals surface area contributed by atoms with Gasteiger partial charge in [0.2, 0.25) is 0 Å². The van der Waals surface area contributed by atoms with E-state index in [1.54, 1.807) is 0 Å². The van der Waals surface area contributed by atoms with Gasteiger partial charge in [-0.3, -0.25) is 9.59 Å². The quantitative estimate of drug-likeness (QED) is 0.653. The summed E-state index contributed by atoms with van der Waals surface area (Å²) in [5.74, 6) is 0.0468. The Morgan fingerprint density at radius 2 is 1.68 bits per heavy atom. The summed E-state index contributed by atoms with van der Waals surface area (Å²) in [5.41, 5.74) is 0.956. The molecule has 118 valence electrons. The van der Waals surface area contributed by atoms with Gasteiger partial charge in [-0.15, -0.1) is 0 Å². The number of hydrogen-bond acceptors (Lipinski definition) is 2. The lowest BCUT2D eigenvalue weighted by Gasteiger charge is -2.24. The Kier molecular flexibility index (Phi) is 4.43. The number of benzene rings is 1. The summed E-state index contributed by atoms with van der Waals surface area (Å²) in [5, 5.41) is 6.06. The second-order valence-electron chi connectivity index (χ2n) is 6.49. The molecule has 2 aliphatic carbocycles. The molecule has 1 aromatic rings. The zero-order valence-electron chi connectivity index (χ0n) is 13.0. The molecule has 2 saturated carbocycles. The van der Waals surface area contributed by atoms with Crippen molar-refractivity contribution in [1.29, 1.82) is 0 Å². The van der Waals surface area contributed by atoms with Crippen molar-refractivity contribution in [3.63, 3.8) is 0 Å². The van der Waals surface area contributed by atoms with Gasteiger partial charge in [-0.1, -0.05) is 30.3 Å². The Labute approximate surface area is 131 Å². The number of quaternary nitrogens is 1. The molecule has 3 rings (SSSR count). The number of carbonyl (C=O) groups excluding carboxylic acids is 2. The van der Waals surface area contributed by atoms with Gasteiger partial charge >= 0.3 is 0 Å². The van der Waals surface area contributed by atoms with Crippen LogP contribution in [0.4, 0.5) is 0 Å². The summed E-state index contributed by atoms with van der Waals surface area (Å²) in [6.45, 7) is 0.314. The van der Waals surface area contributed by atoms with E-state index in [9.17, 15) is 9.59 Å². The second-order valence-corrected chi connectivity index (χ2v) is 6.49. The van der Waals surface area contributed by atoms with E-state index in [-0.39, 0.29) is 17.9 Å². The van der Waals surface area contributed by atoms with Crippen LogP contribution in [0.25, 0.3) is 0 Å². The molecule has 5 nitrogen and oxygen atoms in total. The minimum Gasteiger partial charge on any atom is -0.348 e. The van der Waals surface area contributed by atoms with Gasteiger partial charge in [-0.2, -0.15) is 0 Å². The van der Waals surface area contributed by atoms with Crippen molar-refractivity contribution in [3.8, 4) is 0 Å². The fourth-order valence-electron chi connectivity index (χ4n) is 2.68. The van der Waals surface area contributed by atoms with Crippen molar-refractivity contribution in [2.75, 3.05) is 13.6 Å². The zero-order chi connectivity index (χ0) is 15.5. The van der Waals surface area contributed by atoms with E-state index in [4.69, 9.17) is 0 Å². The summed E-state index contributed by atoms with van der Waals surface area (Å²) in [7, 11) is 1.91. The lowest BCUT2D eigenvalue weighted by atomic mass is 10.0. The predicted octanol–water partition coefficient (Wildman–Crippen LogP) is -0.200. The maximum atomic E-state index is 12.6. The molecule has 1 aromatic carbocycles. The summed E-state index contributed by atoms with van der Waals surface area (Å²) in [6, 6.07) is 10.1. The summed E-state index contributed by atoms with van der Waals surface area (Å²) in [4.78, 5) is 25.5. The van der Waals surface area contributed by atoms with Gasteiger partial charge in [0.15, 0.2) is 12.6 Å². The van der Waals surface area contributed by atoms with Crippen LogP contribution in [0.15, 0.2) is 30.3 Å². The van der Waals surface area contributed by atoms with Crippen LogP contribution < -0.4 is 15.5 Å². The molecule has 3 N–H and O–H groups in total. The second kappa shape index (κ2) is 6.48. The molecule has 0 aliphatic heterocycles. The molecule has 2 atom stereocenters. The van der Waals surface area contributed by atoms with E-state index in [2.05, 4.69) is 10.6 Å². The molecular weight excluding hydrogens is 278 g/mol. The molecule has 2 fully saturated rings.